The van der Waals surface area contributed by atoms with Crippen molar-refractivity contribution in [3.63, 3.8) is 0 Å². The third kappa shape index (κ3) is 2.04. The summed E-state index contributed by atoms with van der Waals surface area (Å²) in [4.78, 5) is 0.161. The summed E-state index contributed by atoms with van der Waals surface area (Å²) >= 11 is 0. The molecule has 0 fully saturated rings. The van der Waals surface area contributed by atoms with E-state index in [1.807, 2.05) is 0 Å². The van der Waals surface area contributed by atoms with Crippen LogP contribution in [0, 0.1) is 0 Å². The highest BCUT2D eigenvalue weighted by Gasteiger charge is 2.01. The lowest BCUT2D eigenvalue weighted by Gasteiger charge is -2.01. The lowest BCUT2D eigenvalue weighted by atomic mass is 10.2. The fourth-order valence-electron chi connectivity index (χ4n) is 0.768. The highest BCUT2D eigenvalue weighted by molar-refractivity contribution is 7.72. The third-order valence-electron chi connectivity index (χ3n) is 1.40. The zero-order valence-electron chi connectivity index (χ0n) is 6.04. The summed E-state index contributed by atoms with van der Waals surface area (Å²) in [7, 11) is -2.59. The van der Waals surface area contributed by atoms with Gasteiger partial charge in [0, 0.05) is 5.56 Å². The van der Waals surface area contributed by atoms with Crippen molar-refractivity contribution in [3.05, 3.63) is 29.8 Å². The summed E-state index contributed by atoms with van der Waals surface area (Å²) in [5.41, 5.74) is 0.274. The van der Waals surface area contributed by atoms with Crippen LogP contribution in [-0.4, -0.2) is 18.6 Å². The Morgan fingerprint density at radius 3 is 1.92 bits per heavy atom. The van der Waals surface area contributed by atoms with Gasteiger partial charge in [0.25, 0.3) is 0 Å². The number of thiol groups is 1. The highest BCUT2D eigenvalue weighted by atomic mass is 32.2. The minimum atomic E-state index is -2.59. The van der Waals surface area contributed by atoms with Crippen LogP contribution in [0.4, 0.5) is 0 Å². The molecule has 0 unspecified atom stereocenters. The van der Waals surface area contributed by atoms with Crippen molar-refractivity contribution in [2.24, 2.45) is 0 Å². The molecule has 0 bridgehead atoms. The van der Waals surface area contributed by atoms with E-state index in [-0.39, 0.29) is 10.5 Å². The van der Waals surface area contributed by atoms with Gasteiger partial charge in [0.1, 0.15) is 0 Å². The zero-order chi connectivity index (χ0) is 9.14. The average molecular weight is 188 g/mol. The molecule has 0 aliphatic rings. The van der Waals surface area contributed by atoms with Gasteiger partial charge < -0.3 is 10.2 Å². The second-order valence-electron chi connectivity index (χ2n) is 2.22. The summed E-state index contributed by atoms with van der Waals surface area (Å²) in [6.07, 6.45) is -1.55. The van der Waals surface area contributed by atoms with E-state index in [1.54, 1.807) is 0 Å². The normalized spacial score (nSPS) is 11.0. The summed E-state index contributed by atoms with van der Waals surface area (Å²) in [6, 6.07) is 5.34. The monoisotopic (exact) mass is 188 g/mol. The number of rotatable bonds is 2. The van der Waals surface area contributed by atoms with Crippen LogP contribution >= 0.6 is 0 Å². The fourth-order valence-corrected chi connectivity index (χ4v) is 1.16. The third-order valence-corrected chi connectivity index (χ3v) is 2.12. The average Bonchev–Trinajstić information content (AvgIpc) is 2.04. The smallest absolute Gasteiger partial charge is 0.178 e. The predicted molar refractivity (Wildman–Crippen MR) is 42.2 cm³/mol. The summed E-state index contributed by atoms with van der Waals surface area (Å²) < 4.78 is 20.8. The van der Waals surface area contributed by atoms with Gasteiger partial charge in [-0.1, -0.05) is 12.1 Å². The van der Waals surface area contributed by atoms with Gasteiger partial charge in [-0.25, -0.2) is 8.42 Å². The number of benzene rings is 1. The van der Waals surface area contributed by atoms with Crippen molar-refractivity contribution in [2.75, 3.05) is 0 Å². The van der Waals surface area contributed by atoms with Gasteiger partial charge in [0.15, 0.2) is 17.0 Å². The first kappa shape index (κ1) is 9.18. The van der Waals surface area contributed by atoms with E-state index in [1.165, 1.54) is 24.3 Å². The van der Waals surface area contributed by atoms with Gasteiger partial charge in [0.05, 0.1) is 4.90 Å². The Balaban J connectivity index is 3.01. The van der Waals surface area contributed by atoms with E-state index in [4.69, 9.17) is 10.2 Å². The van der Waals surface area contributed by atoms with Crippen LogP contribution in [0.3, 0.4) is 0 Å². The lowest BCUT2D eigenvalue weighted by Crippen LogP contribution is -1.94. The van der Waals surface area contributed by atoms with Gasteiger partial charge in [-0.2, -0.15) is 0 Å². The van der Waals surface area contributed by atoms with E-state index in [9.17, 15) is 8.42 Å². The molecule has 0 atom stereocenters. The summed E-state index contributed by atoms with van der Waals surface area (Å²) in [5, 5.41) is 17.3. The van der Waals surface area contributed by atoms with Crippen molar-refractivity contribution >= 4 is 10.7 Å². The topological polar surface area (TPSA) is 74.6 Å². The van der Waals surface area contributed by atoms with Crippen LogP contribution in [-0.2, 0) is 10.7 Å². The number of hydrogen-bond donors (Lipinski definition) is 3. The Labute approximate surface area is 71.0 Å². The number of aliphatic hydroxyl groups excluding tert-OH is 1. The first-order chi connectivity index (χ1) is 5.61. The van der Waals surface area contributed by atoms with Crippen molar-refractivity contribution in [2.45, 2.75) is 11.2 Å². The molecule has 0 amide bonds. The first-order valence-corrected chi connectivity index (χ1v) is 4.39. The molecule has 12 heavy (non-hydrogen) atoms. The Morgan fingerprint density at radius 1 is 1.08 bits per heavy atom. The molecule has 0 aliphatic heterocycles. The number of hydrogen-bond acceptors (Lipinski definition) is 4. The molecule has 0 spiro atoms. The molecule has 0 aliphatic carbocycles. The molecular weight excluding hydrogens is 180 g/mol. The van der Waals surface area contributed by atoms with Gasteiger partial charge in [0.2, 0.25) is 0 Å². The molecule has 4 nitrogen and oxygen atoms in total. The van der Waals surface area contributed by atoms with Gasteiger partial charge in [-0.15, -0.1) is 0 Å². The molecule has 5 heteroatoms. The molecular formula is C7H8O4S. The van der Waals surface area contributed by atoms with E-state index in [2.05, 4.69) is 0 Å². The van der Waals surface area contributed by atoms with Crippen molar-refractivity contribution in [1.82, 2.24) is 0 Å². The Hall–Kier alpha value is -0.910. The van der Waals surface area contributed by atoms with Crippen molar-refractivity contribution < 1.29 is 18.6 Å². The molecule has 0 saturated carbocycles. The molecule has 0 aromatic heterocycles. The Bertz CT molecular complexity index is 318. The molecule has 1 rings (SSSR count). The first-order valence-electron chi connectivity index (χ1n) is 3.22. The van der Waals surface area contributed by atoms with E-state index in [0.29, 0.717) is 0 Å². The van der Waals surface area contributed by atoms with E-state index < -0.39 is 17.0 Å². The van der Waals surface area contributed by atoms with E-state index >= 15 is 0 Å². The molecule has 0 saturated heterocycles. The number of aliphatic hydroxyl groups is 2. The molecule has 1 aromatic carbocycles. The molecule has 66 valence electrons. The minimum Gasteiger partial charge on any atom is -0.364 e. The minimum absolute atomic E-state index is 0.161. The maximum absolute atomic E-state index is 10.4. The van der Waals surface area contributed by atoms with Crippen LogP contribution in [0.5, 0.6) is 0 Å². The standard InChI is InChI=1S/C7H8O4S/c8-7(9)5-1-3-6(4-2-5)12(10)11/h1-4,7-9,12H. The maximum atomic E-state index is 10.4. The summed E-state index contributed by atoms with van der Waals surface area (Å²) in [6.45, 7) is 0. The SMILES string of the molecule is O=[SH](=O)c1ccc(C(O)O)cc1. The molecule has 2 N–H and O–H groups in total. The van der Waals surface area contributed by atoms with Crippen LogP contribution in [0.1, 0.15) is 11.9 Å². The van der Waals surface area contributed by atoms with Crippen LogP contribution in [0.25, 0.3) is 0 Å². The summed E-state index contributed by atoms with van der Waals surface area (Å²) in [5.74, 6) is 0. The fraction of sp³-hybridized carbons (Fsp3) is 0.143. The van der Waals surface area contributed by atoms with Crippen LogP contribution < -0.4 is 0 Å². The predicted octanol–water partition coefficient (Wildman–Crippen LogP) is -0.360. The lowest BCUT2D eigenvalue weighted by molar-refractivity contribution is -0.0425. The van der Waals surface area contributed by atoms with Crippen LogP contribution in [0.15, 0.2) is 29.2 Å². The largest absolute Gasteiger partial charge is 0.364 e. The zero-order valence-corrected chi connectivity index (χ0v) is 6.94. The van der Waals surface area contributed by atoms with Gasteiger partial charge in [-0.05, 0) is 12.1 Å². The Morgan fingerprint density at radius 2 is 1.58 bits per heavy atom. The van der Waals surface area contributed by atoms with Crippen molar-refractivity contribution in [3.8, 4) is 0 Å². The van der Waals surface area contributed by atoms with Crippen molar-refractivity contribution in [1.29, 1.82) is 0 Å². The van der Waals surface area contributed by atoms with Gasteiger partial charge >= 0.3 is 0 Å². The molecule has 0 radical (unpaired) electrons. The highest BCUT2D eigenvalue weighted by Crippen LogP contribution is 2.11. The quantitative estimate of drug-likeness (QED) is 0.437. The Kier molecular flexibility index (Phi) is 2.80. The second kappa shape index (κ2) is 3.66. The molecule has 1 aromatic rings. The second-order valence-corrected chi connectivity index (χ2v) is 3.25. The maximum Gasteiger partial charge on any atom is 0.178 e. The van der Waals surface area contributed by atoms with E-state index in [0.717, 1.165) is 0 Å². The van der Waals surface area contributed by atoms with Crippen LogP contribution in [0.2, 0.25) is 0 Å². The molecule has 0 heterocycles. The van der Waals surface area contributed by atoms with Gasteiger partial charge in [-0.3, -0.25) is 0 Å².